The molecule has 28 aromatic rings. The summed E-state index contributed by atoms with van der Waals surface area (Å²) in [6.45, 7) is 9.29. The maximum atomic E-state index is 3.75. The van der Waals surface area contributed by atoms with Crippen molar-refractivity contribution in [1.82, 2.24) is 4.57 Å². The summed E-state index contributed by atoms with van der Waals surface area (Å²) in [5.41, 5.74) is 33.4. The second kappa shape index (κ2) is 37.9. The summed E-state index contributed by atoms with van der Waals surface area (Å²) in [6.07, 6.45) is 0. The van der Waals surface area contributed by atoms with E-state index in [2.05, 4.69) is 544 Å². The van der Waals surface area contributed by atoms with E-state index >= 15 is 0 Å². The van der Waals surface area contributed by atoms with Gasteiger partial charge in [0.15, 0.2) is 0 Å². The molecule has 150 heavy (non-hydrogen) atoms. The summed E-state index contributed by atoms with van der Waals surface area (Å²) in [4.78, 5) is 0. The number of anilines is 10. The van der Waals surface area contributed by atoms with Crippen LogP contribution >= 0.6 is 56.7 Å². The third kappa shape index (κ3) is 16.3. The fourth-order valence-corrected chi connectivity index (χ4v) is 28.9. The van der Waals surface area contributed by atoms with Gasteiger partial charge in [-0.1, -0.05) is 343 Å². The molecule has 3 aliphatic rings. The predicted molar refractivity (Wildman–Crippen MR) is 652 cm³/mol. The topological polar surface area (TPSA) is 65.1 Å². The Labute approximate surface area is 890 Å². The van der Waals surface area contributed by atoms with Crippen molar-refractivity contribution in [3.8, 4) is 39.1 Å². The van der Waals surface area contributed by atoms with E-state index in [4.69, 9.17) is 0 Å². The number of rotatable bonds is 13. The average molecular weight is 2010 g/mol. The van der Waals surface area contributed by atoms with Crippen LogP contribution in [-0.2, 0) is 16.2 Å². The SMILES string of the molecule is CC1(C)c2ccccc2-c2cc(Nc3ccc4sc5ccccc5c4c3)ccc21.CC1(C)c2ccccc2-c2ccc(Nc3ccc4sc5ccccc5c4c3)cc21.c1ccc(-n2c3ccccc3c3ccc(Nc4ccc5sc6ccccc6c5c4)cc32)cc1.c1ccc(C2(c3ccccc3)c3ccccc3-c3ccc(Nc4ccc5sc6ccccc6c5c4)cc32)cc1.c1ccc(Nc2cccc3c2sc2ccccc23)cc1. The zero-order valence-corrected chi connectivity index (χ0v) is 87.0. The van der Waals surface area contributed by atoms with Gasteiger partial charge in [-0.05, 0) is 266 Å². The van der Waals surface area contributed by atoms with Crippen molar-refractivity contribution in [2.24, 2.45) is 0 Å². The van der Waals surface area contributed by atoms with Gasteiger partial charge in [-0.2, -0.15) is 0 Å². The molecular formula is C139H100N6S5. The molecule has 5 N–H and O–H groups in total. The number of hydrogen-bond donors (Lipinski definition) is 5. The lowest BCUT2D eigenvalue weighted by atomic mass is 9.67. The van der Waals surface area contributed by atoms with Gasteiger partial charge in [0.1, 0.15) is 0 Å². The maximum Gasteiger partial charge on any atom is 0.0714 e. The van der Waals surface area contributed by atoms with Crippen LogP contribution < -0.4 is 26.6 Å². The largest absolute Gasteiger partial charge is 0.355 e. The van der Waals surface area contributed by atoms with Gasteiger partial charge in [-0.3, -0.25) is 0 Å². The Hall–Kier alpha value is -17.3. The fraction of sp³-hybridized carbons (Fsp3) is 0.0504. The number of nitrogens with one attached hydrogen (secondary N) is 5. The van der Waals surface area contributed by atoms with Crippen molar-refractivity contribution < 1.29 is 0 Å². The van der Waals surface area contributed by atoms with E-state index in [1.807, 2.05) is 74.9 Å². The maximum absolute atomic E-state index is 3.75. The van der Waals surface area contributed by atoms with Gasteiger partial charge in [0.05, 0.1) is 26.8 Å². The van der Waals surface area contributed by atoms with Gasteiger partial charge >= 0.3 is 0 Å². The van der Waals surface area contributed by atoms with E-state index in [0.29, 0.717) is 0 Å². The Morgan fingerprint density at radius 1 is 0.173 bits per heavy atom. The molecule has 22 aromatic carbocycles. The van der Waals surface area contributed by atoms with Crippen LogP contribution in [-0.4, -0.2) is 4.57 Å². The third-order valence-electron chi connectivity index (χ3n) is 30.4. The zero-order chi connectivity index (χ0) is 100. The van der Waals surface area contributed by atoms with Crippen LogP contribution in [0.4, 0.5) is 56.9 Å². The van der Waals surface area contributed by atoms with Crippen molar-refractivity contribution in [1.29, 1.82) is 0 Å². The molecule has 0 unspecified atom stereocenters. The number of para-hydroxylation sites is 3. The van der Waals surface area contributed by atoms with Crippen molar-refractivity contribution in [3.63, 3.8) is 0 Å². The molecule has 0 fully saturated rings. The normalized spacial score (nSPS) is 13.0. The standard InChI is InChI=1S/C37H25NS.C30H20N2S.2C27H21NS.C18H13NS/c1-3-11-25(12-4-1)37(26-13-5-2-6-14-26)33-17-9-7-15-29(33)30-21-19-28(24-34(30)37)38-27-20-22-36-32(23-27)31-16-8-10-18-35(31)39-36;1-2-8-22(9-3-1)32-27-12-6-4-10-23(27)24-16-14-21(19-28(24)32)31-20-15-17-30-26(18-20)25-11-5-7-13-29(25)33-30;1-27(2)23-9-5-3-7-19(23)20-13-11-18(16-24(20)27)28-17-12-14-26-22(15-17)21-8-4-6-10-25(21)29-26;1-27(2)23-9-5-3-7-19(23)21-15-17(11-13-24(21)27)28-18-12-14-26-22(16-18)20-8-4-6-10-25(20)29-26;1-2-7-13(8-3-1)19-16-11-6-10-15-14-9-4-5-12-17(14)20-18(15)16/h1-24,38H;1-19,31H;2*3-16,28H,1-2H3;1-12,19H. The Morgan fingerprint density at radius 2 is 0.487 bits per heavy atom. The van der Waals surface area contributed by atoms with Gasteiger partial charge in [-0.15, -0.1) is 56.7 Å². The summed E-state index contributed by atoms with van der Waals surface area (Å²) < 4.78 is 15.7. The van der Waals surface area contributed by atoms with E-state index in [1.54, 1.807) is 0 Å². The highest BCUT2D eigenvalue weighted by Gasteiger charge is 2.46. The molecule has 6 aromatic heterocycles. The van der Waals surface area contributed by atoms with Gasteiger partial charge in [0, 0.05) is 175 Å². The number of hydrogen-bond acceptors (Lipinski definition) is 10. The van der Waals surface area contributed by atoms with Crippen LogP contribution in [0.15, 0.2) is 504 Å². The average Bonchev–Trinajstić information content (AvgIpc) is 1.53. The lowest BCUT2D eigenvalue weighted by Gasteiger charge is -2.34. The van der Waals surface area contributed by atoms with Crippen molar-refractivity contribution >= 4 is 236 Å². The first-order chi connectivity index (χ1) is 73.8. The van der Waals surface area contributed by atoms with Gasteiger partial charge < -0.3 is 31.2 Å². The van der Waals surface area contributed by atoms with Crippen LogP contribution in [0.3, 0.4) is 0 Å². The molecule has 716 valence electrons. The van der Waals surface area contributed by atoms with Crippen molar-refractivity contribution in [3.05, 3.63) is 548 Å². The molecule has 0 aliphatic heterocycles. The third-order valence-corrected chi connectivity index (χ3v) is 36.3. The van der Waals surface area contributed by atoms with Crippen molar-refractivity contribution in [2.45, 2.75) is 43.9 Å². The number of nitrogens with zero attached hydrogens (tertiary/aromatic N) is 1. The van der Waals surface area contributed by atoms with E-state index in [1.165, 1.54) is 212 Å². The van der Waals surface area contributed by atoms with Crippen LogP contribution in [0, 0.1) is 0 Å². The Morgan fingerprint density at radius 3 is 0.980 bits per heavy atom. The number of benzene rings is 22. The van der Waals surface area contributed by atoms with Crippen LogP contribution in [0.5, 0.6) is 0 Å². The molecule has 3 aliphatic carbocycles. The van der Waals surface area contributed by atoms with Crippen molar-refractivity contribution in [2.75, 3.05) is 26.6 Å². The number of fused-ring (bicyclic) bond motifs is 27. The monoisotopic (exact) mass is 2010 g/mol. The van der Waals surface area contributed by atoms with E-state index in [-0.39, 0.29) is 16.2 Å². The molecule has 0 atom stereocenters. The molecule has 6 heterocycles. The molecule has 0 saturated heterocycles. The molecule has 0 bridgehead atoms. The minimum absolute atomic E-state index is 0.0249. The minimum Gasteiger partial charge on any atom is -0.355 e. The molecular weight excluding hydrogens is 1910 g/mol. The summed E-state index contributed by atoms with van der Waals surface area (Å²) in [6, 6.07) is 182. The molecule has 0 spiro atoms. The highest BCUT2D eigenvalue weighted by Crippen LogP contribution is 2.59. The van der Waals surface area contributed by atoms with Crippen LogP contribution in [0.2, 0.25) is 0 Å². The van der Waals surface area contributed by atoms with E-state index in [9.17, 15) is 0 Å². The number of thiophene rings is 5. The number of aromatic nitrogens is 1. The fourth-order valence-electron chi connectivity index (χ4n) is 23.4. The van der Waals surface area contributed by atoms with E-state index < -0.39 is 0 Å². The van der Waals surface area contributed by atoms with E-state index in [0.717, 1.165) is 51.2 Å². The molecule has 11 heteroatoms. The summed E-state index contributed by atoms with van der Waals surface area (Å²) >= 11 is 9.26. The minimum atomic E-state index is -0.389. The van der Waals surface area contributed by atoms with Gasteiger partial charge in [-0.25, -0.2) is 0 Å². The quantitative estimate of drug-likeness (QED) is 0.0796. The first-order valence-electron chi connectivity index (χ1n) is 51.2. The van der Waals surface area contributed by atoms with Crippen LogP contribution in [0.25, 0.3) is 162 Å². The lowest BCUT2D eigenvalue weighted by Crippen LogP contribution is -2.28. The highest BCUT2D eigenvalue weighted by molar-refractivity contribution is 7.27. The Kier molecular flexibility index (Phi) is 23.1. The smallest absolute Gasteiger partial charge is 0.0714 e. The lowest BCUT2D eigenvalue weighted by molar-refractivity contribution is 0.660. The second-order valence-corrected chi connectivity index (χ2v) is 45.5. The van der Waals surface area contributed by atoms with Gasteiger partial charge in [0.25, 0.3) is 0 Å². The Bertz CT molecular complexity index is 10100. The Balaban J connectivity index is 0.0000000934. The molecule has 0 saturated carbocycles. The van der Waals surface area contributed by atoms with Gasteiger partial charge in [0.2, 0.25) is 0 Å². The molecule has 0 amide bonds. The van der Waals surface area contributed by atoms with Crippen LogP contribution in [0.1, 0.15) is 72.2 Å². The molecule has 6 nitrogen and oxygen atoms in total. The molecule has 0 radical (unpaired) electrons. The zero-order valence-electron chi connectivity index (χ0n) is 82.9. The summed E-state index contributed by atoms with van der Waals surface area (Å²) in [5, 5.41) is 34.0. The first kappa shape index (κ1) is 91.4. The summed E-state index contributed by atoms with van der Waals surface area (Å²) in [7, 11) is 0. The predicted octanol–water partition coefficient (Wildman–Crippen LogP) is 41.1. The molecule has 31 rings (SSSR count). The highest BCUT2D eigenvalue weighted by atomic mass is 32.1. The first-order valence-corrected chi connectivity index (χ1v) is 55.3. The second-order valence-electron chi connectivity index (χ2n) is 40.1. The summed E-state index contributed by atoms with van der Waals surface area (Å²) in [5.74, 6) is 0.